The third kappa shape index (κ3) is 1.78. The molecule has 1 heterocycles. The highest BCUT2D eigenvalue weighted by Gasteiger charge is 2.38. The number of ether oxygens (including phenoxy) is 1. The fourth-order valence-corrected chi connectivity index (χ4v) is 1.79. The number of cyclic esters (lactones) is 1. The van der Waals surface area contributed by atoms with Gasteiger partial charge in [-0.1, -0.05) is 12.1 Å². The van der Waals surface area contributed by atoms with E-state index in [9.17, 15) is 9.59 Å². The van der Waals surface area contributed by atoms with Crippen LogP contribution in [0.5, 0.6) is 0 Å². The molecule has 1 saturated heterocycles. The molecule has 4 nitrogen and oxygen atoms in total. The second-order valence-electron chi connectivity index (χ2n) is 4.39. The molecule has 1 fully saturated rings. The molecule has 1 aliphatic heterocycles. The zero-order valence-electron chi connectivity index (χ0n) is 9.27. The summed E-state index contributed by atoms with van der Waals surface area (Å²) in [4.78, 5) is 24.0. The minimum Gasteiger partial charge on any atom is -0.441 e. The van der Waals surface area contributed by atoms with Crippen molar-refractivity contribution in [3.05, 3.63) is 29.8 Å². The van der Waals surface area contributed by atoms with Crippen molar-refractivity contribution >= 4 is 18.1 Å². The van der Waals surface area contributed by atoms with Crippen molar-refractivity contribution in [1.82, 2.24) is 0 Å². The van der Waals surface area contributed by atoms with E-state index in [1.165, 1.54) is 4.90 Å². The van der Waals surface area contributed by atoms with E-state index >= 15 is 0 Å². The summed E-state index contributed by atoms with van der Waals surface area (Å²) in [7, 11) is 0. The molecule has 0 aromatic heterocycles. The first kappa shape index (κ1) is 10.7. The first-order valence-corrected chi connectivity index (χ1v) is 5.08. The van der Waals surface area contributed by atoms with Crippen molar-refractivity contribution in [3.8, 4) is 0 Å². The first-order chi connectivity index (χ1) is 7.53. The molecule has 2 rings (SSSR count). The third-order valence-corrected chi connectivity index (χ3v) is 2.48. The van der Waals surface area contributed by atoms with Crippen molar-refractivity contribution in [2.75, 3.05) is 11.4 Å². The smallest absolute Gasteiger partial charge is 0.415 e. The summed E-state index contributed by atoms with van der Waals surface area (Å²) in [6.07, 6.45) is 0.341. The molecule has 1 aliphatic rings. The maximum absolute atomic E-state index is 11.6. The van der Waals surface area contributed by atoms with Gasteiger partial charge in [-0.25, -0.2) is 4.79 Å². The van der Waals surface area contributed by atoms with Crippen LogP contribution in [-0.2, 0) is 4.74 Å². The number of para-hydroxylation sites is 1. The van der Waals surface area contributed by atoms with Gasteiger partial charge in [0.25, 0.3) is 0 Å². The highest BCUT2D eigenvalue weighted by atomic mass is 16.6. The molecule has 16 heavy (non-hydrogen) atoms. The van der Waals surface area contributed by atoms with E-state index in [0.29, 0.717) is 17.8 Å². The fraction of sp³-hybridized carbons (Fsp3) is 0.333. The highest BCUT2D eigenvalue weighted by molar-refractivity contribution is 5.96. The van der Waals surface area contributed by atoms with Gasteiger partial charge in [0.1, 0.15) is 5.60 Å². The lowest BCUT2D eigenvalue weighted by atomic mass is 10.1. The van der Waals surface area contributed by atoms with Crippen LogP contribution in [-0.4, -0.2) is 24.5 Å². The predicted octanol–water partition coefficient (Wildman–Crippen LogP) is 2.23. The Morgan fingerprint density at radius 2 is 2.06 bits per heavy atom. The Hall–Kier alpha value is -1.84. The van der Waals surface area contributed by atoms with Crippen molar-refractivity contribution < 1.29 is 14.3 Å². The van der Waals surface area contributed by atoms with E-state index in [2.05, 4.69) is 0 Å². The molecular formula is C12H13NO3. The number of carbonyl (C=O) groups is 2. The number of anilines is 1. The second-order valence-corrected chi connectivity index (χ2v) is 4.39. The molecule has 0 N–H and O–H groups in total. The largest absolute Gasteiger partial charge is 0.441 e. The lowest BCUT2D eigenvalue weighted by molar-refractivity contribution is 0.0871. The van der Waals surface area contributed by atoms with Gasteiger partial charge in [0, 0.05) is 5.56 Å². The molecule has 0 saturated carbocycles. The number of nitrogens with zero attached hydrogens (tertiary/aromatic N) is 1. The third-order valence-electron chi connectivity index (χ3n) is 2.48. The van der Waals surface area contributed by atoms with Gasteiger partial charge in [0.15, 0.2) is 6.29 Å². The first-order valence-electron chi connectivity index (χ1n) is 5.08. The van der Waals surface area contributed by atoms with E-state index in [4.69, 9.17) is 4.74 Å². The Morgan fingerprint density at radius 3 is 2.62 bits per heavy atom. The summed E-state index contributed by atoms with van der Waals surface area (Å²) in [6.45, 7) is 4.14. The van der Waals surface area contributed by atoms with Gasteiger partial charge in [-0.15, -0.1) is 0 Å². The Bertz CT molecular complexity index is 440. The summed E-state index contributed by atoms with van der Waals surface area (Å²) in [5.74, 6) is 0. The summed E-state index contributed by atoms with van der Waals surface area (Å²) >= 11 is 0. The average molecular weight is 219 g/mol. The standard InChI is InChI=1S/C12H13NO3/c1-12(2)8-13(11(15)16-12)10-6-4-3-5-9(10)7-14/h3-7H,8H2,1-2H3. The van der Waals surface area contributed by atoms with Crippen molar-refractivity contribution in [2.45, 2.75) is 19.4 Å². The minimum atomic E-state index is -0.507. The molecule has 4 heteroatoms. The highest BCUT2D eigenvalue weighted by Crippen LogP contribution is 2.29. The van der Waals surface area contributed by atoms with E-state index in [-0.39, 0.29) is 0 Å². The van der Waals surface area contributed by atoms with Crippen LogP contribution in [0.3, 0.4) is 0 Å². The molecular weight excluding hydrogens is 206 g/mol. The number of hydrogen-bond donors (Lipinski definition) is 0. The molecule has 0 atom stereocenters. The monoisotopic (exact) mass is 219 g/mol. The van der Waals surface area contributed by atoms with Gasteiger partial charge in [-0.3, -0.25) is 9.69 Å². The van der Waals surface area contributed by atoms with Crippen molar-refractivity contribution in [3.63, 3.8) is 0 Å². The van der Waals surface area contributed by atoms with E-state index in [0.717, 1.165) is 6.29 Å². The van der Waals surface area contributed by atoms with Crippen LogP contribution in [0.1, 0.15) is 24.2 Å². The second kappa shape index (κ2) is 3.63. The molecule has 1 amide bonds. The van der Waals surface area contributed by atoms with Crippen LogP contribution in [0.25, 0.3) is 0 Å². The van der Waals surface area contributed by atoms with Crippen LogP contribution in [0.4, 0.5) is 10.5 Å². The van der Waals surface area contributed by atoms with E-state index < -0.39 is 11.7 Å². The molecule has 1 aromatic carbocycles. The number of hydrogen-bond acceptors (Lipinski definition) is 3. The SMILES string of the molecule is CC1(C)CN(c2ccccc2C=O)C(=O)O1. The average Bonchev–Trinajstić information content (AvgIpc) is 2.52. The molecule has 84 valence electrons. The van der Waals surface area contributed by atoms with Gasteiger partial charge >= 0.3 is 6.09 Å². The summed E-state index contributed by atoms with van der Waals surface area (Å²) in [6, 6.07) is 6.98. The van der Waals surface area contributed by atoms with Crippen LogP contribution in [0, 0.1) is 0 Å². The Morgan fingerprint density at radius 1 is 1.38 bits per heavy atom. The normalized spacial score (nSPS) is 18.4. The van der Waals surface area contributed by atoms with Crippen LogP contribution >= 0.6 is 0 Å². The van der Waals surface area contributed by atoms with Gasteiger partial charge in [0.2, 0.25) is 0 Å². The minimum absolute atomic E-state index is 0.403. The van der Waals surface area contributed by atoms with Gasteiger partial charge < -0.3 is 4.74 Å². The topological polar surface area (TPSA) is 46.6 Å². The predicted molar refractivity (Wildman–Crippen MR) is 59.7 cm³/mol. The molecule has 0 radical (unpaired) electrons. The Kier molecular flexibility index (Phi) is 2.42. The lowest BCUT2D eigenvalue weighted by Crippen LogP contribution is -2.28. The number of rotatable bonds is 2. The summed E-state index contributed by atoms with van der Waals surface area (Å²) < 4.78 is 5.19. The van der Waals surface area contributed by atoms with Crippen LogP contribution < -0.4 is 4.90 Å². The van der Waals surface area contributed by atoms with E-state index in [1.807, 2.05) is 13.8 Å². The zero-order chi connectivity index (χ0) is 11.8. The fourth-order valence-electron chi connectivity index (χ4n) is 1.79. The van der Waals surface area contributed by atoms with Gasteiger partial charge in [-0.05, 0) is 26.0 Å². The molecule has 0 spiro atoms. The van der Waals surface area contributed by atoms with Crippen LogP contribution in [0.15, 0.2) is 24.3 Å². The maximum atomic E-state index is 11.6. The maximum Gasteiger partial charge on any atom is 0.415 e. The zero-order valence-corrected chi connectivity index (χ0v) is 9.27. The number of carbonyl (C=O) groups excluding carboxylic acids is 2. The lowest BCUT2D eigenvalue weighted by Gasteiger charge is -2.16. The summed E-state index contributed by atoms with van der Waals surface area (Å²) in [5.41, 5.74) is 0.595. The van der Waals surface area contributed by atoms with Crippen LogP contribution in [0.2, 0.25) is 0 Å². The quantitative estimate of drug-likeness (QED) is 0.716. The Balaban J connectivity index is 2.38. The molecule has 0 unspecified atom stereocenters. The number of amides is 1. The molecule has 0 bridgehead atoms. The summed E-state index contributed by atoms with van der Waals surface area (Å²) in [5, 5.41) is 0. The van der Waals surface area contributed by atoms with Gasteiger partial charge in [-0.2, -0.15) is 0 Å². The van der Waals surface area contributed by atoms with Crippen molar-refractivity contribution in [1.29, 1.82) is 0 Å². The molecule has 0 aliphatic carbocycles. The number of aldehydes is 1. The molecule has 1 aromatic rings. The number of benzene rings is 1. The van der Waals surface area contributed by atoms with E-state index in [1.54, 1.807) is 24.3 Å². The Labute approximate surface area is 93.8 Å². The van der Waals surface area contributed by atoms with Gasteiger partial charge in [0.05, 0.1) is 12.2 Å². The van der Waals surface area contributed by atoms with Crippen molar-refractivity contribution in [2.24, 2.45) is 0 Å².